The van der Waals surface area contributed by atoms with E-state index in [1.807, 2.05) is 18.2 Å². The number of fused-ring (bicyclic) bond motifs is 1. The number of rotatable bonds is 3. The summed E-state index contributed by atoms with van der Waals surface area (Å²) in [4.78, 5) is 10.1. The Bertz CT molecular complexity index is 524. The highest BCUT2D eigenvalue weighted by Crippen LogP contribution is 2.29. The zero-order valence-electron chi connectivity index (χ0n) is 9.97. The molecule has 92 valence electrons. The summed E-state index contributed by atoms with van der Waals surface area (Å²) >= 11 is 1.71. The summed E-state index contributed by atoms with van der Waals surface area (Å²) in [6.45, 7) is 0. The Morgan fingerprint density at radius 3 is 3.06 bits per heavy atom. The molecule has 4 nitrogen and oxygen atoms in total. The Kier molecular flexibility index (Phi) is 3.32. The lowest BCUT2D eigenvalue weighted by Gasteiger charge is -2.06. The molecule has 0 amide bonds. The third kappa shape index (κ3) is 2.56. The third-order valence-corrected chi connectivity index (χ3v) is 3.95. The summed E-state index contributed by atoms with van der Waals surface area (Å²) in [5, 5.41) is 5.05. The van der Waals surface area contributed by atoms with Gasteiger partial charge in [-0.25, -0.2) is 4.98 Å². The predicted octanol–water partition coefficient (Wildman–Crippen LogP) is 2.86. The minimum absolute atomic E-state index is 0.839. The van der Waals surface area contributed by atoms with Crippen molar-refractivity contribution in [3.63, 3.8) is 0 Å². The van der Waals surface area contributed by atoms with Crippen LogP contribution in [0, 0.1) is 0 Å². The van der Waals surface area contributed by atoms with E-state index < -0.39 is 0 Å². The molecule has 5 heteroatoms. The van der Waals surface area contributed by atoms with Gasteiger partial charge in [0.25, 0.3) is 0 Å². The molecule has 0 saturated carbocycles. The van der Waals surface area contributed by atoms with Crippen molar-refractivity contribution in [1.82, 2.24) is 9.97 Å². The lowest BCUT2D eigenvalue weighted by atomic mass is 10.0. The molecule has 2 aromatic heterocycles. The van der Waals surface area contributed by atoms with Gasteiger partial charge in [0.05, 0.1) is 17.6 Å². The van der Waals surface area contributed by atoms with Crippen molar-refractivity contribution in [1.29, 1.82) is 0 Å². The highest BCUT2D eigenvalue weighted by Gasteiger charge is 2.14. The molecule has 0 radical (unpaired) electrons. The molecule has 0 saturated heterocycles. The van der Waals surface area contributed by atoms with Gasteiger partial charge >= 0.3 is 0 Å². The SMILES string of the molecule is C(=N/Nc1nc2c(s1)CCCC2)/c1ccccn1. The Balaban J connectivity index is 1.66. The number of hydrazone groups is 1. The number of nitrogens with zero attached hydrogens (tertiary/aromatic N) is 3. The standard InChI is InChI=1S/C13H14N4S/c1-2-7-12-11(6-1)16-13(18-12)17-15-9-10-5-3-4-8-14-10/h3-5,8-9H,1-2,6-7H2,(H,16,17)/b15-9-. The number of aromatic nitrogens is 2. The van der Waals surface area contributed by atoms with Crippen molar-refractivity contribution >= 4 is 22.7 Å². The molecule has 3 rings (SSSR count). The van der Waals surface area contributed by atoms with Crippen LogP contribution in [0.3, 0.4) is 0 Å². The highest BCUT2D eigenvalue weighted by molar-refractivity contribution is 7.15. The molecule has 0 atom stereocenters. The number of aryl methyl sites for hydroxylation is 2. The molecule has 1 aliphatic carbocycles. The molecule has 2 heterocycles. The zero-order chi connectivity index (χ0) is 12.2. The van der Waals surface area contributed by atoms with Gasteiger partial charge in [-0.3, -0.25) is 10.4 Å². The normalized spacial score (nSPS) is 14.7. The molecule has 0 bridgehead atoms. The van der Waals surface area contributed by atoms with Crippen molar-refractivity contribution in [3.8, 4) is 0 Å². The number of nitrogens with one attached hydrogen (secondary N) is 1. The lowest BCUT2D eigenvalue weighted by Crippen LogP contribution is -1.99. The van der Waals surface area contributed by atoms with E-state index in [9.17, 15) is 0 Å². The smallest absolute Gasteiger partial charge is 0.203 e. The van der Waals surface area contributed by atoms with Crippen LogP contribution in [0.15, 0.2) is 29.5 Å². The van der Waals surface area contributed by atoms with Crippen LogP contribution < -0.4 is 5.43 Å². The second-order valence-corrected chi connectivity index (χ2v) is 5.30. The Labute approximate surface area is 110 Å². The first-order valence-corrected chi connectivity index (χ1v) is 6.92. The minimum atomic E-state index is 0.839. The topological polar surface area (TPSA) is 50.2 Å². The first kappa shape index (κ1) is 11.3. The molecule has 0 aromatic carbocycles. The molecule has 1 N–H and O–H groups in total. The second kappa shape index (κ2) is 5.27. The van der Waals surface area contributed by atoms with Crippen molar-refractivity contribution in [3.05, 3.63) is 40.7 Å². The zero-order valence-corrected chi connectivity index (χ0v) is 10.8. The monoisotopic (exact) mass is 258 g/mol. The van der Waals surface area contributed by atoms with Crippen molar-refractivity contribution < 1.29 is 0 Å². The van der Waals surface area contributed by atoms with E-state index >= 15 is 0 Å². The fourth-order valence-electron chi connectivity index (χ4n) is 2.01. The molecular formula is C13H14N4S. The largest absolute Gasteiger partial charge is 0.255 e. The van der Waals surface area contributed by atoms with E-state index in [0.717, 1.165) is 17.2 Å². The summed E-state index contributed by atoms with van der Waals surface area (Å²) < 4.78 is 0. The van der Waals surface area contributed by atoms with Crippen molar-refractivity contribution in [2.75, 3.05) is 5.43 Å². The van der Waals surface area contributed by atoms with Gasteiger partial charge in [0.15, 0.2) is 0 Å². The summed E-state index contributed by atoms with van der Waals surface area (Å²) in [7, 11) is 0. The first-order valence-electron chi connectivity index (χ1n) is 6.10. The second-order valence-electron chi connectivity index (χ2n) is 4.22. The van der Waals surface area contributed by atoms with E-state index in [2.05, 4.69) is 20.5 Å². The number of pyridine rings is 1. The maximum Gasteiger partial charge on any atom is 0.203 e. The van der Waals surface area contributed by atoms with Crippen molar-refractivity contribution in [2.45, 2.75) is 25.7 Å². The molecular weight excluding hydrogens is 244 g/mol. The molecule has 2 aromatic rings. The number of hydrogen-bond donors (Lipinski definition) is 1. The number of thiazole rings is 1. The van der Waals surface area contributed by atoms with Crippen molar-refractivity contribution in [2.24, 2.45) is 5.10 Å². The summed E-state index contributed by atoms with van der Waals surface area (Å²) in [6.07, 6.45) is 8.28. The van der Waals surface area contributed by atoms with Crippen LogP contribution in [0.1, 0.15) is 29.1 Å². The summed E-state index contributed by atoms with van der Waals surface area (Å²) in [5.74, 6) is 0. The van der Waals surface area contributed by atoms with E-state index in [0.29, 0.717) is 0 Å². The van der Waals surface area contributed by atoms with Gasteiger partial charge in [-0.2, -0.15) is 5.10 Å². The maximum absolute atomic E-state index is 4.56. The molecule has 0 fully saturated rings. The van der Waals surface area contributed by atoms with Gasteiger partial charge < -0.3 is 0 Å². The van der Waals surface area contributed by atoms with Crippen LogP contribution in [0.25, 0.3) is 0 Å². The number of hydrogen-bond acceptors (Lipinski definition) is 5. The fourth-order valence-corrected chi connectivity index (χ4v) is 3.01. The van der Waals surface area contributed by atoms with E-state index in [-0.39, 0.29) is 0 Å². The maximum atomic E-state index is 4.56. The molecule has 0 unspecified atom stereocenters. The van der Waals surface area contributed by atoms with Gasteiger partial charge in [-0.05, 0) is 37.8 Å². The fraction of sp³-hybridized carbons (Fsp3) is 0.308. The Morgan fingerprint density at radius 1 is 1.28 bits per heavy atom. The highest BCUT2D eigenvalue weighted by atomic mass is 32.1. The molecule has 0 spiro atoms. The van der Waals surface area contributed by atoms with E-state index in [1.165, 1.54) is 29.8 Å². The summed E-state index contributed by atoms with van der Waals surface area (Å²) in [5.41, 5.74) is 5.08. The van der Waals surface area contributed by atoms with Gasteiger partial charge in [0.2, 0.25) is 5.13 Å². The summed E-state index contributed by atoms with van der Waals surface area (Å²) in [6, 6.07) is 5.74. The third-order valence-electron chi connectivity index (χ3n) is 2.89. The average Bonchev–Trinajstić information content (AvgIpc) is 2.82. The van der Waals surface area contributed by atoms with Crippen LogP contribution in [0.2, 0.25) is 0 Å². The number of anilines is 1. The minimum Gasteiger partial charge on any atom is -0.255 e. The van der Waals surface area contributed by atoms with Gasteiger partial charge in [0.1, 0.15) is 0 Å². The lowest BCUT2D eigenvalue weighted by molar-refractivity contribution is 0.682. The van der Waals surface area contributed by atoms with Gasteiger partial charge in [-0.15, -0.1) is 11.3 Å². The van der Waals surface area contributed by atoms with Crippen LogP contribution >= 0.6 is 11.3 Å². The van der Waals surface area contributed by atoms with Crippen LogP contribution in [0.5, 0.6) is 0 Å². The quantitative estimate of drug-likeness (QED) is 0.680. The molecule has 1 aliphatic rings. The molecule has 18 heavy (non-hydrogen) atoms. The first-order chi connectivity index (χ1) is 8.92. The van der Waals surface area contributed by atoms with Crippen LogP contribution in [-0.2, 0) is 12.8 Å². The van der Waals surface area contributed by atoms with Crippen LogP contribution in [-0.4, -0.2) is 16.2 Å². The predicted molar refractivity (Wildman–Crippen MR) is 74.2 cm³/mol. The van der Waals surface area contributed by atoms with Gasteiger partial charge in [-0.1, -0.05) is 6.07 Å². The van der Waals surface area contributed by atoms with E-state index in [4.69, 9.17) is 0 Å². The Hall–Kier alpha value is -1.75. The average molecular weight is 258 g/mol. The van der Waals surface area contributed by atoms with E-state index in [1.54, 1.807) is 23.7 Å². The Morgan fingerprint density at radius 2 is 2.22 bits per heavy atom. The molecule has 0 aliphatic heterocycles. The van der Waals surface area contributed by atoms with Crippen LogP contribution in [0.4, 0.5) is 5.13 Å². The van der Waals surface area contributed by atoms with Gasteiger partial charge in [0, 0.05) is 11.1 Å².